The van der Waals surface area contributed by atoms with Crippen molar-refractivity contribution >= 4 is 39.3 Å². The third-order valence-electron chi connectivity index (χ3n) is 10.0. The molecule has 0 spiro atoms. The Morgan fingerprint density at radius 3 is 2.13 bits per heavy atom. The van der Waals surface area contributed by atoms with Crippen molar-refractivity contribution < 1.29 is 18.0 Å². The molecule has 4 bridgehead atoms. The van der Waals surface area contributed by atoms with Crippen molar-refractivity contribution in [3.8, 4) is 0 Å². The maximum absolute atomic E-state index is 14.2. The Bertz CT molecular complexity index is 1240. The second-order valence-corrected chi connectivity index (χ2v) is 13.7. The van der Waals surface area contributed by atoms with E-state index in [4.69, 9.17) is 11.6 Å². The summed E-state index contributed by atoms with van der Waals surface area (Å²) >= 11 is 9.98. The fraction of sp³-hybridized carbons (Fsp3) is 0.643. The van der Waals surface area contributed by atoms with Crippen LogP contribution in [0, 0.1) is 17.8 Å². The summed E-state index contributed by atoms with van der Waals surface area (Å²) in [6.45, 7) is 2.66. The van der Waals surface area contributed by atoms with Gasteiger partial charge in [0.1, 0.15) is 10.8 Å². The third-order valence-corrected chi connectivity index (χ3v) is 10.9. The topological polar surface area (TPSA) is 53.4 Å². The summed E-state index contributed by atoms with van der Waals surface area (Å²) in [5.74, 6) is 2.20. The molecule has 0 unspecified atom stereocenters. The van der Waals surface area contributed by atoms with Gasteiger partial charge in [0.2, 0.25) is 0 Å². The number of carbonyl (C=O) groups excluding carboxylic acids is 1. The van der Waals surface area contributed by atoms with Crippen LogP contribution in [0.1, 0.15) is 73.1 Å². The zero-order valence-electron chi connectivity index (χ0n) is 21.6. The SMILES string of the molecule is O=C(c1nn2c(c1Cl)N[C@H](c1ccc(Br)cc1)C[C@H]2C(F)(F)F)N1CCN(C23CC4CC(CC(C4)C2)C3)CC1. The summed E-state index contributed by atoms with van der Waals surface area (Å²) in [5.41, 5.74) is 0.888. The average molecular weight is 627 g/mol. The predicted molar refractivity (Wildman–Crippen MR) is 146 cm³/mol. The Labute approximate surface area is 239 Å². The molecule has 6 aliphatic rings. The highest BCUT2D eigenvalue weighted by Gasteiger charge is 2.54. The third kappa shape index (κ3) is 4.49. The van der Waals surface area contributed by atoms with Crippen LogP contribution in [0.5, 0.6) is 0 Å². The molecule has 5 fully saturated rings. The van der Waals surface area contributed by atoms with Crippen LogP contribution in [0.3, 0.4) is 0 Å². The van der Waals surface area contributed by atoms with E-state index in [-0.39, 0.29) is 28.5 Å². The number of amides is 1. The molecule has 0 radical (unpaired) electrons. The van der Waals surface area contributed by atoms with Gasteiger partial charge < -0.3 is 10.2 Å². The highest BCUT2D eigenvalue weighted by atomic mass is 79.9. The molecule has 1 aromatic carbocycles. The number of nitrogens with zero attached hydrogens (tertiary/aromatic N) is 4. The summed E-state index contributed by atoms with van der Waals surface area (Å²) in [7, 11) is 0. The number of halogens is 5. The molecule has 3 heterocycles. The van der Waals surface area contributed by atoms with Crippen LogP contribution in [0.15, 0.2) is 28.7 Å². The molecule has 2 aliphatic heterocycles. The fourth-order valence-corrected chi connectivity index (χ4v) is 9.15. The number of anilines is 1. The molecule has 1 amide bonds. The number of hydrogen-bond acceptors (Lipinski definition) is 4. The maximum atomic E-state index is 14.2. The van der Waals surface area contributed by atoms with Gasteiger partial charge >= 0.3 is 6.18 Å². The Hall–Kier alpha value is -1.78. The number of aromatic nitrogens is 2. The lowest BCUT2D eigenvalue weighted by Crippen LogP contribution is -2.64. The van der Waals surface area contributed by atoms with Crippen LogP contribution in [-0.2, 0) is 0 Å². The first-order valence-electron chi connectivity index (χ1n) is 14.0. The van der Waals surface area contributed by atoms with Gasteiger partial charge in [-0.25, -0.2) is 4.68 Å². The molecular formula is C28H32BrClF3N5O. The molecule has 4 aliphatic carbocycles. The number of benzene rings is 1. The average Bonchev–Trinajstić information content (AvgIpc) is 3.23. The van der Waals surface area contributed by atoms with Crippen LogP contribution in [0.4, 0.5) is 19.0 Å². The van der Waals surface area contributed by atoms with E-state index in [9.17, 15) is 18.0 Å². The standard InChI is InChI=1S/C28H32BrClF3N5O/c29-20-3-1-19(2-4-20)21-12-22(28(31,32)33)38-25(34-21)23(30)24(35-38)26(39)36-5-7-37(8-6-36)27-13-16-9-17(14-27)11-18(10-16)15-27/h1-4,16-18,21-22,34H,5-15H2/t16?,17?,18?,21-,22-,27?/m0/s1. The van der Waals surface area contributed by atoms with E-state index in [1.807, 2.05) is 0 Å². The lowest BCUT2D eigenvalue weighted by Gasteiger charge is -2.61. The molecule has 8 rings (SSSR count). The Balaban J connectivity index is 1.10. The number of piperazine rings is 1. The van der Waals surface area contributed by atoms with E-state index in [1.54, 1.807) is 29.2 Å². The predicted octanol–water partition coefficient (Wildman–Crippen LogP) is 6.69. The van der Waals surface area contributed by atoms with Crippen molar-refractivity contribution in [2.45, 2.75) is 68.7 Å². The largest absolute Gasteiger partial charge is 0.410 e. The molecule has 1 aromatic heterocycles. The van der Waals surface area contributed by atoms with Gasteiger partial charge in [0, 0.05) is 42.6 Å². The van der Waals surface area contributed by atoms with Crippen LogP contribution in [0.2, 0.25) is 5.02 Å². The summed E-state index contributed by atoms with van der Waals surface area (Å²) in [6.07, 6.45) is 3.20. The summed E-state index contributed by atoms with van der Waals surface area (Å²) < 4.78 is 44.3. The van der Waals surface area contributed by atoms with Crippen LogP contribution < -0.4 is 5.32 Å². The van der Waals surface area contributed by atoms with Gasteiger partial charge in [-0.15, -0.1) is 0 Å². The van der Waals surface area contributed by atoms with Crippen molar-refractivity contribution in [3.63, 3.8) is 0 Å². The quantitative estimate of drug-likeness (QED) is 0.413. The molecule has 1 N–H and O–H groups in total. The number of nitrogens with one attached hydrogen (secondary N) is 1. The highest BCUT2D eigenvalue weighted by Crippen LogP contribution is 2.58. The van der Waals surface area contributed by atoms with E-state index >= 15 is 0 Å². The zero-order chi connectivity index (χ0) is 27.1. The van der Waals surface area contributed by atoms with Crippen molar-refractivity contribution in [2.75, 3.05) is 31.5 Å². The summed E-state index contributed by atoms with van der Waals surface area (Å²) in [5, 5.41) is 7.27. The lowest BCUT2D eigenvalue weighted by atomic mass is 9.52. The van der Waals surface area contributed by atoms with E-state index in [0.29, 0.717) is 18.7 Å². The lowest BCUT2D eigenvalue weighted by molar-refractivity contribution is -0.173. The molecule has 2 aromatic rings. The maximum Gasteiger partial charge on any atom is 0.410 e. The number of hydrogen-bond donors (Lipinski definition) is 1. The molecule has 2 atom stereocenters. The van der Waals surface area contributed by atoms with Gasteiger partial charge in [-0.2, -0.15) is 18.3 Å². The van der Waals surface area contributed by atoms with Gasteiger partial charge in [0.25, 0.3) is 5.91 Å². The number of rotatable bonds is 3. The molecule has 11 heteroatoms. The second-order valence-electron chi connectivity index (χ2n) is 12.4. The Morgan fingerprint density at radius 1 is 0.974 bits per heavy atom. The molecule has 4 saturated carbocycles. The van der Waals surface area contributed by atoms with Crippen molar-refractivity contribution in [3.05, 3.63) is 45.0 Å². The zero-order valence-corrected chi connectivity index (χ0v) is 23.9. The monoisotopic (exact) mass is 625 g/mol. The molecule has 210 valence electrons. The number of carbonyl (C=O) groups is 1. The van der Waals surface area contributed by atoms with E-state index < -0.39 is 24.2 Å². The summed E-state index contributed by atoms with van der Waals surface area (Å²) in [4.78, 5) is 17.9. The van der Waals surface area contributed by atoms with Crippen LogP contribution >= 0.6 is 27.5 Å². The minimum Gasteiger partial charge on any atom is -0.362 e. The minimum atomic E-state index is -4.54. The molecule has 39 heavy (non-hydrogen) atoms. The first-order chi connectivity index (χ1) is 18.6. The van der Waals surface area contributed by atoms with E-state index in [0.717, 1.165) is 40.0 Å². The van der Waals surface area contributed by atoms with Crippen LogP contribution in [0.25, 0.3) is 0 Å². The molecular weight excluding hydrogens is 595 g/mol. The van der Waals surface area contributed by atoms with E-state index in [1.165, 1.54) is 38.5 Å². The van der Waals surface area contributed by atoms with E-state index in [2.05, 4.69) is 31.2 Å². The Morgan fingerprint density at radius 2 is 1.56 bits per heavy atom. The van der Waals surface area contributed by atoms with Gasteiger partial charge in [-0.3, -0.25) is 9.69 Å². The Kier molecular flexibility index (Phi) is 6.28. The molecule has 1 saturated heterocycles. The summed E-state index contributed by atoms with van der Waals surface area (Å²) in [6, 6.07) is 4.66. The first kappa shape index (κ1) is 26.1. The van der Waals surface area contributed by atoms with Crippen molar-refractivity contribution in [2.24, 2.45) is 17.8 Å². The fourth-order valence-electron chi connectivity index (χ4n) is 8.63. The van der Waals surface area contributed by atoms with Gasteiger partial charge in [0.05, 0.1) is 6.04 Å². The number of fused-ring (bicyclic) bond motifs is 1. The second kappa shape index (κ2) is 9.38. The normalized spacial score (nSPS) is 34.2. The van der Waals surface area contributed by atoms with Crippen LogP contribution in [-0.4, -0.2) is 63.4 Å². The van der Waals surface area contributed by atoms with Crippen molar-refractivity contribution in [1.82, 2.24) is 19.6 Å². The highest BCUT2D eigenvalue weighted by molar-refractivity contribution is 9.10. The molecule has 6 nitrogen and oxygen atoms in total. The van der Waals surface area contributed by atoms with Gasteiger partial charge in [-0.1, -0.05) is 39.7 Å². The number of alkyl halides is 3. The van der Waals surface area contributed by atoms with Gasteiger partial charge in [-0.05, 0) is 74.0 Å². The smallest absolute Gasteiger partial charge is 0.362 e. The minimum absolute atomic E-state index is 0.0421. The first-order valence-corrected chi connectivity index (χ1v) is 15.2. The van der Waals surface area contributed by atoms with Gasteiger partial charge in [0.15, 0.2) is 11.7 Å². The van der Waals surface area contributed by atoms with Crippen molar-refractivity contribution in [1.29, 1.82) is 0 Å².